The van der Waals surface area contributed by atoms with E-state index in [1.54, 1.807) is 7.11 Å². The van der Waals surface area contributed by atoms with Crippen molar-refractivity contribution in [3.8, 4) is 5.75 Å². The van der Waals surface area contributed by atoms with E-state index in [0.717, 1.165) is 51.4 Å². The topological polar surface area (TPSA) is 101 Å². The number of carbonyl (C=O) groups excluding carboxylic acids is 1. The molecule has 1 unspecified atom stereocenters. The van der Waals surface area contributed by atoms with Crippen LogP contribution in [0, 0.1) is 0 Å². The Morgan fingerprint density at radius 1 is 1.24 bits per heavy atom. The predicted molar refractivity (Wildman–Crippen MR) is 108 cm³/mol. The Kier molecular flexibility index (Phi) is 5.96. The van der Waals surface area contributed by atoms with Crippen molar-refractivity contribution < 1.29 is 14.1 Å². The van der Waals surface area contributed by atoms with Crippen LogP contribution in [0.25, 0.3) is 0 Å². The number of piperazine rings is 1. The number of methoxy groups -OCH3 is 1. The number of hydrogen-bond acceptors (Lipinski definition) is 8. The molecule has 1 amide bonds. The molecular formula is C20H28N6O3. The van der Waals surface area contributed by atoms with Gasteiger partial charge in [0.05, 0.1) is 19.3 Å². The Morgan fingerprint density at radius 3 is 2.76 bits per heavy atom. The van der Waals surface area contributed by atoms with Gasteiger partial charge in [0.2, 0.25) is 0 Å². The van der Waals surface area contributed by atoms with E-state index in [2.05, 4.69) is 37.0 Å². The van der Waals surface area contributed by atoms with Crippen molar-refractivity contribution in [2.75, 3.05) is 51.3 Å². The summed E-state index contributed by atoms with van der Waals surface area (Å²) in [6.07, 6.45) is 2.34. The molecule has 3 heterocycles. The molecule has 0 aliphatic carbocycles. The minimum atomic E-state index is -0.687. The van der Waals surface area contributed by atoms with Crippen LogP contribution in [-0.2, 0) is 6.54 Å². The maximum atomic E-state index is 11.1. The Hall–Kier alpha value is -2.65. The third-order valence-corrected chi connectivity index (χ3v) is 5.78. The third kappa shape index (κ3) is 4.51. The van der Waals surface area contributed by atoms with Gasteiger partial charge in [0.1, 0.15) is 5.75 Å². The van der Waals surface area contributed by atoms with Crippen LogP contribution < -0.4 is 15.4 Å². The van der Waals surface area contributed by atoms with Gasteiger partial charge in [-0.15, -0.1) is 0 Å². The monoisotopic (exact) mass is 400 g/mol. The molecule has 9 nitrogen and oxygen atoms in total. The number of nitrogens with two attached hydrogens (primary N) is 1. The first kappa shape index (κ1) is 19.7. The number of para-hydroxylation sites is 2. The highest BCUT2D eigenvalue weighted by Crippen LogP contribution is 2.29. The number of anilines is 1. The highest BCUT2D eigenvalue weighted by molar-refractivity contribution is 5.87. The predicted octanol–water partition coefficient (Wildman–Crippen LogP) is 0.964. The zero-order valence-corrected chi connectivity index (χ0v) is 16.8. The highest BCUT2D eigenvalue weighted by atomic mass is 16.5. The molecule has 0 spiro atoms. The van der Waals surface area contributed by atoms with Gasteiger partial charge >= 0.3 is 11.8 Å². The maximum Gasteiger partial charge on any atom is 0.315 e. The summed E-state index contributed by atoms with van der Waals surface area (Å²) in [5, 5.41) is 3.87. The Morgan fingerprint density at radius 2 is 2.03 bits per heavy atom. The van der Waals surface area contributed by atoms with Crippen molar-refractivity contribution in [2.24, 2.45) is 5.73 Å². The number of likely N-dealkylation sites (tertiary alicyclic amines) is 1. The number of piperidine rings is 1. The molecule has 2 saturated heterocycles. The molecule has 2 aromatic rings. The molecule has 2 N–H and O–H groups in total. The lowest BCUT2D eigenvalue weighted by Gasteiger charge is -2.44. The van der Waals surface area contributed by atoms with E-state index in [0.29, 0.717) is 18.4 Å². The largest absolute Gasteiger partial charge is 0.495 e. The second kappa shape index (κ2) is 8.79. The van der Waals surface area contributed by atoms with Crippen molar-refractivity contribution >= 4 is 11.6 Å². The van der Waals surface area contributed by atoms with Crippen LogP contribution in [0.2, 0.25) is 0 Å². The van der Waals surface area contributed by atoms with E-state index in [4.69, 9.17) is 15.0 Å². The Balaban J connectivity index is 1.32. The molecule has 156 valence electrons. The molecule has 4 rings (SSSR count). The van der Waals surface area contributed by atoms with Gasteiger partial charge in [-0.05, 0) is 31.5 Å². The zero-order valence-electron chi connectivity index (χ0n) is 16.8. The van der Waals surface area contributed by atoms with Gasteiger partial charge in [0, 0.05) is 38.8 Å². The molecule has 1 aromatic heterocycles. The Labute approximate surface area is 170 Å². The molecule has 1 atom stereocenters. The number of benzene rings is 1. The standard InChI is InChI=1S/C20H28N6O3/c1-28-17-7-3-2-6-16(17)26-11-9-25(10-12-26)15-5-4-8-24(13-15)14-18-22-20(19(21)27)29-23-18/h2-3,6-7,15H,4-5,8-14H2,1H3,(H2,21,27). The molecule has 29 heavy (non-hydrogen) atoms. The Bertz CT molecular complexity index is 833. The first-order chi connectivity index (χ1) is 14.1. The normalized spacial score (nSPS) is 21.3. The number of rotatable bonds is 6. The molecule has 1 aromatic carbocycles. The summed E-state index contributed by atoms with van der Waals surface area (Å²) in [5.41, 5.74) is 6.35. The number of aromatic nitrogens is 2. The van der Waals surface area contributed by atoms with E-state index < -0.39 is 5.91 Å². The van der Waals surface area contributed by atoms with Crippen LogP contribution >= 0.6 is 0 Å². The van der Waals surface area contributed by atoms with Crippen LogP contribution in [0.15, 0.2) is 28.8 Å². The minimum absolute atomic E-state index is 0.124. The number of carbonyl (C=O) groups is 1. The summed E-state index contributed by atoms with van der Waals surface area (Å²) in [7, 11) is 1.72. The van der Waals surface area contributed by atoms with Crippen molar-refractivity contribution in [3.05, 3.63) is 36.0 Å². The summed E-state index contributed by atoms with van der Waals surface area (Å²) in [6.45, 7) is 6.59. The molecule has 9 heteroatoms. The van der Waals surface area contributed by atoms with Crippen LogP contribution in [0.4, 0.5) is 5.69 Å². The number of ether oxygens (including phenoxy) is 1. The van der Waals surface area contributed by atoms with Crippen LogP contribution in [0.5, 0.6) is 5.75 Å². The fraction of sp³-hybridized carbons (Fsp3) is 0.550. The molecular weight excluding hydrogens is 372 g/mol. The molecule has 2 aliphatic rings. The van der Waals surface area contributed by atoms with Gasteiger partial charge in [0.15, 0.2) is 5.82 Å². The quantitative estimate of drug-likeness (QED) is 0.765. The summed E-state index contributed by atoms with van der Waals surface area (Å²) in [4.78, 5) is 22.5. The number of primary amides is 1. The van der Waals surface area contributed by atoms with Gasteiger partial charge in [0.25, 0.3) is 0 Å². The van der Waals surface area contributed by atoms with Gasteiger partial charge in [-0.2, -0.15) is 4.98 Å². The zero-order chi connectivity index (χ0) is 20.2. The fourth-order valence-electron chi connectivity index (χ4n) is 4.31. The summed E-state index contributed by atoms with van der Waals surface area (Å²) >= 11 is 0. The first-order valence-corrected chi connectivity index (χ1v) is 10.1. The average molecular weight is 400 g/mol. The lowest BCUT2D eigenvalue weighted by molar-refractivity contribution is 0.0868. The molecule has 2 fully saturated rings. The van der Waals surface area contributed by atoms with Gasteiger partial charge in [-0.25, -0.2) is 0 Å². The van der Waals surface area contributed by atoms with E-state index in [1.165, 1.54) is 12.1 Å². The third-order valence-electron chi connectivity index (χ3n) is 5.78. The summed E-state index contributed by atoms with van der Waals surface area (Å²) < 4.78 is 10.4. The smallest absolute Gasteiger partial charge is 0.315 e. The second-order valence-electron chi connectivity index (χ2n) is 7.61. The molecule has 0 saturated carbocycles. The van der Waals surface area contributed by atoms with E-state index in [1.807, 2.05) is 12.1 Å². The van der Waals surface area contributed by atoms with Gasteiger partial charge in [-0.3, -0.25) is 14.6 Å². The highest BCUT2D eigenvalue weighted by Gasteiger charge is 2.29. The second-order valence-corrected chi connectivity index (χ2v) is 7.61. The molecule has 0 radical (unpaired) electrons. The number of nitrogens with zero attached hydrogens (tertiary/aromatic N) is 5. The summed E-state index contributed by atoms with van der Waals surface area (Å²) in [5.74, 6) is 0.634. The minimum Gasteiger partial charge on any atom is -0.495 e. The fourth-order valence-corrected chi connectivity index (χ4v) is 4.31. The molecule has 0 bridgehead atoms. The lowest BCUT2D eigenvalue weighted by atomic mass is 10.0. The van der Waals surface area contributed by atoms with Crippen molar-refractivity contribution in [2.45, 2.75) is 25.4 Å². The molecule has 2 aliphatic heterocycles. The first-order valence-electron chi connectivity index (χ1n) is 10.1. The maximum absolute atomic E-state index is 11.1. The van der Waals surface area contributed by atoms with E-state index >= 15 is 0 Å². The average Bonchev–Trinajstić information content (AvgIpc) is 3.23. The number of hydrogen-bond donors (Lipinski definition) is 1. The van der Waals surface area contributed by atoms with Gasteiger partial charge in [-0.1, -0.05) is 17.3 Å². The summed E-state index contributed by atoms with van der Waals surface area (Å²) in [6, 6.07) is 8.73. The van der Waals surface area contributed by atoms with Crippen LogP contribution in [-0.4, -0.2) is 78.3 Å². The van der Waals surface area contributed by atoms with E-state index in [9.17, 15) is 4.79 Å². The SMILES string of the molecule is COc1ccccc1N1CCN(C2CCCN(Cc3noc(C(N)=O)n3)C2)CC1. The van der Waals surface area contributed by atoms with Crippen LogP contribution in [0.1, 0.15) is 29.4 Å². The van der Waals surface area contributed by atoms with Crippen molar-refractivity contribution in [3.63, 3.8) is 0 Å². The van der Waals surface area contributed by atoms with E-state index in [-0.39, 0.29) is 5.89 Å². The lowest BCUT2D eigenvalue weighted by Crippen LogP contribution is -2.55. The van der Waals surface area contributed by atoms with Crippen molar-refractivity contribution in [1.82, 2.24) is 19.9 Å². The van der Waals surface area contributed by atoms with Gasteiger partial charge < -0.3 is 19.9 Å². The van der Waals surface area contributed by atoms with Crippen molar-refractivity contribution in [1.29, 1.82) is 0 Å². The van der Waals surface area contributed by atoms with Crippen LogP contribution in [0.3, 0.4) is 0 Å². The number of amides is 1.